The average molecular weight is 410 g/mol. The Hall–Kier alpha value is -1.69. The van der Waals surface area contributed by atoms with Gasteiger partial charge in [-0.25, -0.2) is 4.79 Å². The molecule has 0 saturated carbocycles. The number of hydrogen-bond donors (Lipinski definition) is 2. The van der Waals surface area contributed by atoms with Crippen LogP contribution >= 0.6 is 11.8 Å². The Morgan fingerprint density at radius 3 is 2.39 bits per heavy atom. The van der Waals surface area contributed by atoms with E-state index in [0.717, 1.165) is 18.1 Å². The molecule has 0 saturated heterocycles. The molecule has 0 aliphatic rings. The Morgan fingerprint density at radius 1 is 1.07 bits per heavy atom. The van der Waals surface area contributed by atoms with Gasteiger partial charge in [-0.05, 0) is 37.1 Å². The van der Waals surface area contributed by atoms with E-state index in [2.05, 4.69) is 30.9 Å². The zero-order valence-electron chi connectivity index (χ0n) is 17.2. The lowest BCUT2D eigenvalue weighted by molar-refractivity contribution is -0.139. The molecule has 2 N–H and O–H groups in total. The molecule has 0 aromatic heterocycles. The highest BCUT2D eigenvalue weighted by molar-refractivity contribution is 7.99. The molecule has 0 heterocycles. The molecule has 158 valence electrons. The summed E-state index contributed by atoms with van der Waals surface area (Å²) in [6.07, 6.45) is 9.95. The van der Waals surface area contributed by atoms with Gasteiger partial charge in [0.2, 0.25) is 5.91 Å². The van der Waals surface area contributed by atoms with Crippen LogP contribution in [0.25, 0.3) is 0 Å². The van der Waals surface area contributed by atoms with Gasteiger partial charge in [-0.2, -0.15) is 11.8 Å². The van der Waals surface area contributed by atoms with Gasteiger partial charge >= 0.3 is 5.97 Å². The number of para-hydroxylation sites is 2. The lowest BCUT2D eigenvalue weighted by Gasteiger charge is -2.11. The number of nitrogens with one attached hydrogen (secondary N) is 1. The maximum absolute atomic E-state index is 12.1. The number of thioether (sulfide) groups is 1. The van der Waals surface area contributed by atoms with Crippen molar-refractivity contribution in [2.24, 2.45) is 0 Å². The molecule has 6 heteroatoms. The van der Waals surface area contributed by atoms with E-state index in [9.17, 15) is 9.59 Å². The smallest absolute Gasteiger partial charge is 0.341 e. The highest BCUT2D eigenvalue weighted by Crippen LogP contribution is 2.24. The Morgan fingerprint density at radius 2 is 1.71 bits per heavy atom. The number of unbranched alkanes of at least 4 members (excludes halogenated alkanes) is 6. The lowest BCUT2D eigenvalue weighted by Crippen LogP contribution is -2.14. The third-order valence-electron chi connectivity index (χ3n) is 4.54. The van der Waals surface area contributed by atoms with Crippen LogP contribution in [0.2, 0.25) is 0 Å². The molecule has 1 unspecified atom stereocenters. The number of carbonyl (C=O) groups is 2. The van der Waals surface area contributed by atoms with E-state index in [1.165, 1.54) is 44.3 Å². The molecular weight excluding hydrogens is 374 g/mol. The summed E-state index contributed by atoms with van der Waals surface area (Å²) < 4.78 is 5.20. The molecule has 0 spiro atoms. The van der Waals surface area contributed by atoms with Gasteiger partial charge in [0.15, 0.2) is 6.61 Å². The SMILES string of the molecule is CCC(C)SCCCCCCCCCC(=O)Nc1ccccc1OCC(=O)O. The van der Waals surface area contributed by atoms with Crippen LogP contribution < -0.4 is 10.1 Å². The van der Waals surface area contributed by atoms with Gasteiger partial charge < -0.3 is 15.2 Å². The second kappa shape index (κ2) is 15.3. The maximum Gasteiger partial charge on any atom is 0.341 e. The molecule has 1 atom stereocenters. The molecule has 0 aliphatic heterocycles. The number of ether oxygens (including phenoxy) is 1. The van der Waals surface area contributed by atoms with Crippen molar-refractivity contribution < 1.29 is 19.4 Å². The van der Waals surface area contributed by atoms with Crippen LogP contribution in [-0.2, 0) is 9.59 Å². The van der Waals surface area contributed by atoms with Crippen LogP contribution in [0.15, 0.2) is 24.3 Å². The van der Waals surface area contributed by atoms with E-state index in [4.69, 9.17) is 9.84 Å². The molecule has 0 bridgehead atoms. The number of anilines is 1. The summed E-state index contributed by atoms with van der Waals surface area (Å²) in [4.78, 5) is 22.7. The second-order valence-electron chi connectivity index (χ2n) is 7.04. The van der Waals surface area contributed by atoms with Crippen molar-refractivity contribution in [3.05, 3.63) is 24.3 Å². The first-order valence-corrected chi connectivity index (χ1v) is 11.4. The van der Waals surface area contributed by atoms with E-state index >= 15 is 0 Å². The number of benzene rings is 1. The molecule has 28 heavy (non-hydrogen) atoms. The number of carbonyl (C=O) groups excluding carboxylic acids is 1. The quantitative estimate of drug-likeness (QED) is 0.340. The maximum atomic E-state index is 12.1. The lowest BCUT2D eigenvalue weighted by atomic mass is 10.1. The third kappa shape index (κ3) is 11.9. The third-order valence-corrected chi connectivity index (χ3v) is 5.96. The molecule has 0 aliphatic carbocycles. The standard InChI is InChI=1S/C22H35NO4S/c1-3-18(2)28-16-12-8-6-4-5-7-9-15-21(24)23-19-13-10-11-14-20(19)27-17-22(25)26/h10-11,13-14,18H,3-9,12,15-17H2,1-2H3,(H,23,24)(H,25,26). The van der Waals surface area contributed by atoms with Crippen molar-refractivity contribution >= 4 is 29.3 Å². The fourth-order valence-electron chi connectivity index (χ4n) is 2.72. The summed E-state index contributed by atoms with van der Waals surface area (Å²) in [5.41, 5.74) is 0.518. The van der Waals surface area contributed by atoms with Gasteiger partial charge in [-0.3, -0.25) is 4.79 Å². The first-order valence-electron chi connectivity index (χ1n) is 10.4. The Balaban J connectivity index is 2.09. The molecule has 1 rings (SSSR count). The highest BCUT2D eigenvalue weighted by atomic mass is 32.2. The fourth-order valence-corrected chi connectivity index (χ4v) is 3.73. The summed E-state index contributed by atoms with van der Waals surface area (Å²) in [7, 11) is 0. The molecular formula is C22H35NO4S. The van der Waals surface area contributed by atoms with Crippen molar-refractivity contribution in [1.29, 1.82) is 0 Å². The number of carboxylic acids is 1. The van der Waals surface area contributed by atoms with E-state index in [-0.39, 0.29) is 5.91 Å². The van der Waals surface area contributed by atoms with E-state index in [1.807, 2.05) is 0 Å². The monoisotopic (exact) mass is 409 g/mol. The zero-order valence-corrected chi connectivity index (χ0v) is 18.1. The van der Waals surface area contributed by atoms with Crippen LogP contribution in [-0.4, -0.2) is 34.6 Å². The van der Waals surface area contributed by atoms with Gasteiger partial charge in [0.25, 0.3) is 0 Å². The molecule has 1 aromatic rings. The number of rotatable bonds is 16. The molecule has 0 fully saturated rings. The van der Waals surface area contributed by atoms with E-state index < -0.39 is 12.6 Å². The van der Waals surface area contributed by atoms with E-state index in [1.54, 1.807) is 24.3 Å². The van der Waals surface area contributed by atoms with Gasteiger partial charge in [0.1, 0.15) is 5.75 Å². The predicted molar refractivity (Wildman–Crippen MR) is 117 cm³/mol. The number of aliphatic carboxylic acids is 1. The topological polar surface area (TPSA) is 75.6 Å². The van der Waals surface area contributed by atoms with Crippen molar-refractivity contribution in [3.63, 3.8) is 0 Å². The molecule has 5 nitrogen and oxygen atoms in total. The van der Waals surface area contributed by atoms with Gasteiger partial charge in [0.05, 0.1) is 5.69 Å². The van der Waals surface area contributed by atoms with Crippen molar-refractivity contribution in [3.8, 4) is 5.75 Å². The van der Waals surface area contributed by atoms with Crippen LogP contribution in [0.3, 0.4) is 0 Å². The minimum atomic E-state index is -1.05. The Kier molecular flexibility index (Phi) is 13.3. The molecule has 1 amide bonds. The first kappa shape index (κ1) is 24.3. The number of hydrogen-bond acceptors (Lipinski definition) is 4. The summed E-state index contributed by atoms with van der Waals surface area (Å²) in [5.74, 6) is 0.543. The van der Waals surface area contributed by atoms with Gasteiger partial charge in [-0.15, -0.1) is 0 Å². The Bertz CT molecular complexity index is 579. The van der Waals surface area contributed by atoms with Crippen molar-refractivity contribution in [2.75, 3.05) is 17.7 Å². The minimum absolute atomic E-state index is 0.0616. The minimum Gasteiger partial charge on any atom is -0.480 e. The largest absolute Gasteiger partial charge is 0.480 e. The van der Waals surface area contributed by atoms with Gasteiger partial charge in [0, 0.05) is 11.7 Å². The normalized spacial score (nSPS) is 11.8. The van der Waals surface area contributed by atoms with Crippen LogP contribution in [0.1, 0.15) is 71.6 Å². The van der Waals surface area contributed by atoms with Gasteiger partial charge in [-0.1, -0.05) is 58.1 Å². The Labute approximate surface area is 173 Å². The fraction of sp³-hybridized carbons (Fsp3) is 0.636. The van der Waals surface area contributed by atoms with Crippen LogP contribution in [0.4, 0.5) is 5.69 Å². The van der Waals surface area contributed by atoms with E-state index in [0.29, 0.717) is 17.9 Å². The van der Waals surface area contributed by atoms with Crippen LogP contribution in [0.5, 0.6) is 5.75 Å². The first-order chi connectivity index (χ1) is 13.5. The summed E-state index contributed by atoms with van der Waals surface area (Å²) in [5, 5.41) is 12.3. The highest BCUT2D eigenvalue weighted by Gasteiger charge is 2.08. The second-order valence-corrected chi connectivity index (χ2v) is 8.59. The van der Waals surface area contributed by atoms with Crippen molar-refractivity contribution in [1.82, 2.24) is 0 Å². The zero-order chi connectivity index (χ0) is 20.6. The van der Waals surface area contributed by atoms with Crippen molar-refractivity contribution in [2.45, 2.75) is 76.9 Å². The molecule has 1 aromatic carbocycles. The summed E-state index contributed by atoms with van der Waals surface area (Å²) >= 11 is 2.08. The predicted octanol–water partition coefficient (Wildman–Crippen LogP) is 5.74. The number of amides is 1. The summed E-state index contributed by atoms with van der Waals surface area (Å²) in [6, 6.07) is 6.90. The average Bonchev–Trinajstić information content (AvgIpc) is 2.68. The van der Waals surface area contributed by atoms with Crippen LogP contribution in [0, 0.1) is 0 Å². The summed E-state index contributed by atoms with van der Waals surface area (Å²) in [6.45, 7) is 4.11. The number of carboxylic acid groups (broad SMARTS) is 1. The molecule has 0 radical (unpaired) electrons.